The number of nitrogens with one attached hydrogen (secondary N) is 1. The summed E-state index contributed by atoms with van der Waals surface area (Å²) in [5.74, 6) is 1.57. The molecule has 0 aromatic carbocycles. The van der Waals surface area contributed by atoms with Gasteiger partial charge in [0.1, 0.15) is 0 Å². The lowest BCUT2D eigenvalue weighted by molar-refractivity contribution is -0.0853. The molecule has 0 amide bonds. The molecule has 1 aliphatic heterocycles. The fraction of sp³-hybridized carbons (Fsp3) is 0.789. The maximum Gasteiger partial charge on any atom is 0.185 e. The molecule has 5 aliphatic rings. The quantitative estimate of drug-likeness (QED) is 0.818. The van der Waals surface area contributed by atoms with Gasteiger partial charge in [-0.2, -0.15) is 4.80 Å². The van der Waals surface area contributed by atoms with Crippen LogP contribution in [0.4, 0.5) is 5.13 Å². The third-order valence-electron chi connectivity index (χ3n) is 7.26. The first-order chi connectivity index (χ1) is 13.7. The number of morpholine rings is 1. The summed E-state index contributed by atoms with van der Waals surface area (Å²) in [5.41, 5.74) is 0.279. The van der Waals surface area contributed by atoms with Gasteiger partial charge in [-0.05, 0) is 55.6 Å². The molecule has 0 spiro atoms. The Hall–Kier alpha value is -1.58. The van der Waals surface area contributed by atoms with Crippen LogP contribution < -0.4 is 10.2 Å². The van der Waals surface area contributed by atoms with E-state index in [2.05, 4.69) is 36.8 Å². The van der Waals surface area contributed by atoms with Gasteiger partial charge < -0.3 is 15.0 Å². The average molecular weight is 402 g/mol. The Morgan fingerprint density at radius 1 is 1.18 bits per heavy atom. The first kappa shape index (κ1) is 17.3. The monoisotopic (exact) mass is 401 g/mol. The number of nitrogens with zero attached hydrogens (tertiary/aromatic N) is 6. The summed E-state index contributed by atoms with van der Waals surface area (Å²) < 4.78 is 5.46. The fourth-order valence-corrected chi connectivity index (χ4v) is 7.50. The van der Waals surface area contributed by atoms with Gasteiger partial charge in [0.25, 0.3) is 0 Å². The zero-order valence-corrected chi connectivity index (χ0v) is 16.9. The molecule has 2 aromatic heterocycles. The first-order valence-corrected chi connectivity index (χ1v) is 11.3. The van der Waals surface area contributed by atoms with Gasteiger partial charge in [0.05, 0.1) is 18.8 Å². The zero-order valence-electron chi connectivity index (χ0n) is 16.1. The molecule has 1 N–H and O–H groups in total. The number of hydrogen-bond acceptors (Lipinski definition) is 8. The van der Waals surface area contributed by atoms with Gasteiger partial charge in [-0.1, -0.05) is 0 Å². The predicted molar refractivity (Wildman–Crippen MR) is 105 cm³/mol. The van der Waals surface area contributed by atoms with E-state index in [4.69, 9.17) is 4.74 Å². The summed E-state index contributed by atoms with van der Waals surface area (Å²) in [6.07, 6.45) is 11.1. The maximum absolute atomic E-state index is 5.46. The number of ether oxygens (including phenoxy) is 1. The van der Waals surface area contributed by atoms with Gasteiger partial charge in [-0.3, -0.25) is 0 Å². The van der Waals surface area contributed by atoms with Crippen LogP contribution in [-0.4, -0.2) is 57.0 Å². The molecule has 150 valence electrons. The number of thiazole rings is 1. The van der Waals surface area contributed by atoms with Crippen molar-refractivity contribution < 1.29 is 4.74 Å². The Morgan fingerprint density at radius 2 is 2.00 bits per heavy atom. The minimum atomic E-state index is 0.0697. The standard InChI is InChI=1S/C19H27N7OS/c1-3-27-4-2-25(1)17-20-10-16(28-17)11-21-18-6-14-5-15(7-18)9-19(8-14,12-18)26-23-13-22-24-26/h10,13-15,21H,1-9,11-12H2. The topological polar surface area (TPSA) is 81.0 Å². The molecular formula is C19H27N7OS. The second-order valence-corrected chi connectivity index (χ2v) is 10.3. The SMILES string of the molecule is c1nnn(C23CC4CC(CC(NCc5cnc(N6CCOCC6)s5)(C4)C2)C3)n1. The molecule has 7 rings (SSSR count). The van der Waals surface area contributed by atoms with Crippen molar-refractivity contribution in [3.8, 4) is 0 Å². The highest BCUT2D eigenvalue weighted by Crippen LogP contribution is 2.60. The van der Waals surface area contributed by atoms with Crippen LogP contribution in [0, 0.1) is 11.8 Å². The van der Waals surface area contributed by atoms with Crippen LogP contribution in [0.2, 0.25) is 0 Å². The summed E-state index contributed by atoms with van der Waals surface area (Å²) in [7, 11) is 0. The minimum Gasteiger partial charge on any atom is -0.378 e. The normalized spacial score (nSPS) is 36.9. The molecular weight excluding hydrogens is 374 g/mol. The molecule has 8 nitrogen and oxygen atoms in total. The van der Waals surface area contributed by atoms with Crippen LogP contribution in [-0.2, 0) is 16.8 Å². The van der Waals surface area contributed by atoms with Gasteiger partial charge in [-0.25, -0.2) is 4.98 Å². The third-order valence-corrected chi connectivity index (χ3v) is 8.32. The molecule has 5 fully saturated rings. The lowest BCUT2D eigenvalue weighted by Crippen LogP contribution is -2.65. The van der Waals surface area contributed by atoms with E-state index in [-0.39, 0.29) is 11.1 Å². The first-order valence-electron chi connectivity index (χ1n) is 10.5. The largest absolute Gasteiger partial charge is 0.378 e. The van der Waals surface area contributed by atoms with Crippen LogP contribution in [0.5, 0.6) is 0 Å². The van der Waals surface area contributed by atoms with E-state index in [9.17, 15) is 0 Å². The van der Waals surface area contributed by atoms with Crippen LogP contribution in [0.3, 0.4) is 0 Å². The summed E-state index contributed by atoms with van der Waals surface area (Å²) in [6, 6.07) is 0. The Morgan fingerprint density at radius 3 is 2.75 bits per heavy atom. The van der Waals surface area contributed by atoms with Crippen LogP contribution in [0.15, 0.2) is 12.5 Å². The molecule has 1 saturated heterocycles. The van der Waals surface area contributed by atoms with Gasteiger partial charge in [0.2, 0.25) is 0 Å². The highest BCUT2D eigenvalue weighted by molar-refractivity contribution is 7.15. The van der Waals surface area contributed by atoms with Gasteiger partial charge >= 0.3 is 0 Å². The lowest BCUT2D eigenvalue weighted by atomic mass is 9.50. The Kier molecular flexibility index (Phi) is 3.99. The molecule has 3 heterocycles. The summed E-state index contributed by atoms with van der Waals surface area (Å²) in [4.78, 5) is 10.3. The maximum atomic E-state index is 5.46. The van der Waals surface area contributed by atoms with Crippen LogP contribution in [0.1, 0.15) is 43.4 Å². The summed E-state index contributed by atoms with van der Waals surface area (Å²) >= 11 is 1.82. The van der Waals surface area contributed by atoms with E-state index >= 15 is 0 Å². The van der Waals surface area contributed by atoms with Crippen molar-refractivity contribution in [2.75, 3.05) is 31.2 Å². The number of hydrogen-bond donors (Lipinski definition) is 1. The highest BCUT2D eigenvalue weighted by atomic mass is 32.1. The Bertz CT molecular complexity index is 817. The van der Waals surface area contributed by atoms with Crippen molar-refractivity contribution in [2.24, 2.45) is 11.8 Å². The molecule has 2 unspecified atom stereocenters. The second-order valence-electron chi connectivity index (χ2n) is 9.25. The molecule has 2 atom stereocenters. The summed E-state index contributed by atoms with van der Waals surface area (Å²) in [6.45, 7) is 4.40. The van der Waals surface area contributed by atoms with Crippen molar-refractivity contribution >= 4 is 16.5 Å². The van der Waals surface area contributed by atoms with Gasteiger partial charge in [-0.15, -0.1) is 21.5 Å². The van der Waals surface area contributed by atoms with E-state index in [0.29, 0.717) is 0 Å². The van der Waals surface area contributed by atoms with Gasteiger partial charge in [0.15, 0.2) is 11.5 Å². The number of tetrazole rings is 1. The highest BCUT2D eigenvalue weighted by Gasteiger charge is 2.59. The molecule has 9 heteroatoms. The summed E-state index contributed by atoms with van der Waals surface area (Å²) in [5, 5.41) is 17.9. The van der Waals surface area contributed by atoms with Crippen LogP contribution in [0.25, 0.3) is 0 Å². The van der Waals surface area contributed by atoms with E-state index in [1.54, 1.807) is 6.33 Å². The van der Waals surface area contributed by atoms with E-state index < -0.39 is 0 Å². The van der Waals surface area contributed by atoms with Crippen LogP contribution >= 0.6 is 11.3 Å². The lowest BCUT2D eigenvalue weighted by Gasteiger charge is -2.61. The average Bonchev–Trinajstić information content (AvgIpc) is 3.39. The minimum absolute atomic E-state index is 0.0697. The predicted octanol–water partition coefficient (Wildman–Crippen LogP) is 1.80. The smallest absolute Gasteiger partial charge is 0.185 e. The Labute approximate surface area is 168 Å². The van der Waals surface area contributed by atoms with E-state index in [0.717, 1.165) is 56.2 Å². The van der Waals surface area contributed by atoms with Crippen molar-refractivity contribution in [1.82, 2.24) is 30.5 Å². The number of anilines is 1. The second kappa shape index (κ2) is 6.47. The van der Waals surface area contributed by atoms with Crippen molar-refractivity contribution in [3.05, 3.63) is 17.4 Å². The van der Waals surface area contributed by atoms with Crippen molar-refractivity contribution in [2.45, 2.75) is 56.1 Å². The Balaban J connectivity index is 1.19. The molecule has 4 bridgehead atoms. The van der Waals surface area contributed by atoms with E-state index in [1.165, 1.54) is 37.0 Å². The van der Waals surface area contributed by atoms with Gasteiger partial charge in [0, 0.05) is 36.2 Å². The zero-order chi connectivity index (χ0) is 18.6. The third kappa shape index (κ3) is 2.86. The molecule has 4 saturated carbocycles. The molecule has 0 radical (unpaired) electrons. The molecule has 2 aromatic rings. The number of aromatic nitrogens is 5. The molecule has 28 heavy (non-hydrogen) atoms. The van der Waals surface area contributed by atoms with E-state index in [1.807, 2.05) is 16.1 Å². The fourth-order valence-electron chi connectivity index (χ4n) is 6.59. The van der Waals surface area contributed by atoms with Crippen molar-refractivity contribution in [1.29, 1.82) is 0 Å². The molecule has 4 aliphatic carbocycles. The number of rotatable bonds is 5. The van der Waals surface area contributed by atoms with Crippen molar-refractivity contribution in [3.63, 3.8) is 0 Å².